The highest BCUT2D eigenvalue weighted by molar-refractivity contribution is 6.40. The van der Waals surface area contributed by atoms with Gasteiger partial charge in [0.2, 0.25) is 5.91 Å². The Bertz CT molecular complexity index is 955. The minimum absolute atomic E-state index is 0.114. The quantitative estimate of drug-likeness (QED) is 0.832. The largest absolute Gasteiger partial charge is 0.368 e. The Labute approximate surface area is 162 Å². The number of aryl methyl sites for hydroxylation is 2. The van der Waals surface area contributed by atoms with Crippen LogP contribution in [0.2, 0.25) is 0 Å². The smallest absolute Gasteiger partial charge is 0.267 e. The number of halogens is 1. The lowest BCUT2D eigenvalue weighted by atomic mass is 10.1. The van der Waals surface area contributed by atoms with Crippen LogP contribution in [0.1, 0.15) is 29.5 Å². The second-order valence-electron chi connectivity index (χ2n) is 7.13. The average molecular weight is 380 g/mol. The first-order valence-electron chi connectivity index (χ1n) is 9.32. The predicted molar refractivity (Wildman–Crippen MR) is 104 cm³/mol. The maximum atomic E-state index is 13.2. The van der Waals surface area contributed by atoms with Crippen molar-refractivity contribution in [3.05, 3.63) is 65.0 Å². The van der Waals surface area contributed by atoms with Crippen molar-refractivity contribution in [2.24, 2.45) is 10.8 Å². The third kappa shape index (κ3) is 3.60. The molecular formula is C21H21FN4O2. The van der Waals surface area contributed by atoms with Gasteiger partial charge in [0, 0.05) is 13.0 Å². The fourth-order valence-electron chi connectivity index (χ4n) is 3.72. The van der Waals surface area contributed by atoms with Crippen LogP contribution in [-0.2, 0) is 29.0 Å². The highest BCUT2D eigenvalue weighted by Crippen LogP contribution is 2.25. The number of hydrazone groups is 1. The van der Waals surface area contributed by atoms with Gasteiger partial charge in [-0.3, -0.25) is 14.6 Å². The fourth-order valence-corrected chi connectivity index (χ4v) is 3.72. The number of nitrogens with two attached hydrogens (primary N) is 1. The number of fused-ring (bicyclic) bond motifs is 1. The van der Waals surface area contributed by atoms with E-state index in [-0.39, 0.29) is 18.0 Å². The van der Waals surface area contributed by atoms with E-state index in [1.54, 1.807) is 0 Å². The predicted octanol–water partition coefficient (Wildman–Crippen LogP) is 2.05. The molecule has 1 unspecified atom stereocenters. The molecule has 0 spiro atoms. The lowest BCUT2D eigenvalue weighted by molar-refractivity contribution is -0.119. The van der Waals surface area contributed by atoms with Gasteiger partial charge >= 0.3 is 0 Å². The molecule has 1 atom stereocenters. The topological polar surface area (TPSA) is 87.8 Å². The van der Waals surface area contributed by atoms with E-state index >= 15 is 0 Å². The molecule has 7 heteroatoms. The van der Waals surface area contributed by atoms with Crippen molar-refractivity contribution >= 4 is 23.2 Å². The monoisotopic (exact) mass is 380 g/mol. The molecule has 1 heterocycles. The molecule has 0 aromatic heterocycles. The van der Waals surface area contributed by atoms with Crippen molar-refractivity contribution in [2.45, 2.75) is 38.3 Å². The number of nitrogens with zero attached hydrogens (tertiary/aromatic N) is 2. The van der Waals surface area contributed by atoms with Gasteiger partial charge in [-0.05, 0) is 60.2 Å². The van der Waals surface area contributed by atoms with Gasteiger partial charge in [-0.1, -0.05) is 18.2 Å². The van der Waals surface area contributed by atoms with Crippen molar-refractivity contribution in [1.82, 2.24) is 5.32 Å². The summed E-state index contributed by atoms with van der Waals surface area (Å²) in [6.07, 6.45) is 3.49. The van der Waals surface area contributed by atoms with E-state index in [2.05, 4.69) is 22.6 Å². The summed E-state index contributed by atoms with van der Waals surface area (Å²) in [4.78, 5) is 24.4. The number of amides is 2. The number of carbonyl (C=O) groups excluding carboxylic acids is 2. The Kier molecular flexibility index (Phi) is 4.81. The summed E-state index contributed by atoms with van der Waals surface area (Å²) in [5.74, 6) is -1.32. The van der Waals surface area contributed by atoms with E-state index in [9.17, 15) is 14.0 Å². The van der Waals surface area contributed by atoms with Crippen LogP contribution in [0.3, 0.4) is 0 Å². The van der Waals surface area contributed by atoms with Gasteiger partial charge in [0.1, 0.15) is 17.6 Å². The van der Waals surface area contributed by atoms with Crippen LogP contribution in [0.25, 0.3) is 0 Å². The van der Waals surface area contributed by atoms with Crippen molar-refractivity contribution < 1.29 is 14.0 Å². The van der Waals surface area contributed by atoms with Gasteiger partial charge in [-0.2, -0.15) is 5.10 Å². The number of carbonyl (C=O) groups is 2. The molecule has 2 aliphatic rings. The Balaban J connectivity index is 1.46. The van der Waals surface area contributed by atoms with Crippen LogP contribution in [0.4, 0.5) is 10.1 Å². The molecule has 0 fully saturated rings. The van der Waals surface area contributed by atoms with Gasteiger partial charge in [0.15, 0.2) is 0 Å². The molecule has 2 amide bonds. The minimum Gasteiger partial charge on any atom is -0.368 e. The second-order valence-corrected chi connectivity index (χ2v) is 7.13. The van der Waals surface area contributed by atoms with Crippen LogP contribution in [0.15, 0.2) is 47.6 Å². The number of anilines is 1. The molecule has 0 saturated heterocycles. The normalized spacial score (nSPS) is 18.0. The van der Waals surface area contributed by atoms with Crippen LogP contribution in [-0.4, -0.2) is 23.6 Å². The maximum absolute atomic E-state index is 13.2. The molecule has 144 valence electrons. The molecule has 4 rings (SSSR count). The molecule has 2 aromatic rings. The first kappa shape index (κ1) is 18.2. The summed E-state index contributed by atoms with van der Waals surface area (Å²) >= 11 is 0. The maximum Gasteiger partial charge on any atom is 0.267 e. The van der Waals surface area contributed by atoms with Crippen LogP contribution in [0, 0.1) is 5.82 Å². The molecule has 0 saturated carbocycles. The summed E-state index contributed by atoms with van der Waals surface area (Å²) in [6.45, 7) is 0.392. The Morgan fingerprint density at radius 1 is 1.14 bits per heavy atom. The standard InChI is InChI=1S/C21H21FN4O2/c22-16-6-8-17(9-7-16)26-19(20(23)27)11-18(25-26)21(28)24-12-13-4-5-14-2-1-3-15(14)10-13/h4-10,19H,1-3,11-12H2,(H2,23,27)(H,24,28). The molecular weight excluding hydrogens is 359 g/mol. The lowest BCUT2D eigenvalue weighted by Crippen LogP contribution is -2.39. The summed E-state index contributed by atoms with van der Waals surface area (Å²) in [5, 5.41) is 8.52. The highest BCUT2D eigenvalue weighted by atomic mass is 19.1. The molecule has 0 bridgehead atoms. The van der Waals surface area contributed by atoms with Crippen molar-refractivity contribution in [3.63, 3.8) is 0 Å². The van der Waals surface area contributed by atoms with Gasteiger partial charge in [0.05, 0.1) is 5.69 Å². The van der Waals surface area contributed by atoms with E-state index in [0.717, 1.165) is 18.4 Å². The van der Waals surface area contributed by atoms with Crippen LogP contribution >= 0.6 is 0 Å². The Morgan fingerprint density at radius 2 is 1.89 bits per heavy atom. The van der Waals surface area contributed by atoms with Gasteiger partial charge in [-0.25, -0.2) is 4.39 Å². The zero-order valence-electron chi connectivity index (χ0n) is 15.3. The van der Waals surface area contributed by atoms with Gasteiger partial charge < -0.3 is 11.1 Å². The van der Waals surface area contributed by atoms with Gasteiger partial charge in [-0.15, -0.1) is 0 Å². The molecule has 1 aliphatic carbocycles. The van der Waals surface area contributed by atoms with Crippen LogP contribution in [0.5, 0.6) is 0 Å². The number of nitrogens with one attached hydrogen (secondary N) is 1. The van der Waals surface area contributed by atoms with E-state index in [0.29, 0.717) is 12.2 Å². The first-order chi connectivity index (χ1) is 13.5. The third-order valence-corrected chi connectivity index (χ3v) is 5.21. The highest BCUT2D eigenvalue weighted by Gasteiger charge is 2.34. The van der Waals surface area contributed by atoms with Crippen molar-refractivity contribution in [1.29, 1.82) is 0 Å². The molecule has 3 N–H and O–H groups in total. The molecule has 6 nitrogen and oxygen atoms in total. The molecule has 2 aromatic carbocycles. The summed E-state index contributed by atoms with van der Waals surface area (Å²) < 4.78 is 13.2. The van der Waals surface area contributed by atoms with E-state index in [1.165, 1.54) is 46.8 Å². The molecule has 0 radical (unpaired) electrons. The number of hydrogen-bond acceptors (Lipinski definition) is 4. The first-order valence-corrected chi connectivity index (χ1v) is 9.32. The van der Waals surface area contributed by atoms with E-state index in [4.69, 9.17) is 5.73 Å². The average Bonchev–Trinajstić information content (AvgIpc) is 3.33. The molecule has 28 heavy (non-hydrogen) atoms. The van der Waals surface area contributed by atoms with Gasteiger partial charge in [0.25, 0.3) is 5.91 Å². The third-order valence-electron chi connectivity index (χ3n) is 5.21. The second kappa shape index (κ2) is 7.42. The summed E-state index contributed by atoms with van der Waals surface area (Å²) in [7, 11) is 0. The lowest BCUT2D eigenvalue weighted by Gasteiger charge is -2.20. The SMILES string of the molecule is NC(=O)C1CC(C(=O)NCc2ccc3c(c2)CCC3)=NN1c1ccc(F)cc1. The number of rotatable bonds is 5. The molecule has 1 aliphatic heterocycles. The van der Waals surface area contributed by atoms with E-state index < -0.39 is 17.8 Å². The van der Waals surface area contributed by atoms with Crippen molar-refractivity contribution in [3.8, 4) is 0 Å². The van der Waals surface area contributed by atoms with E-state index in [1.807, 2.05) is 6.07 Å². The fraction of sp³-hybridized carbons (Fsp3) is 0.286. The number of primary amides is 1. The van der Waals surface area contributed by atoms with Crippen LogP contribution < -0.4 is 16.1 Å². The zero-order valence-corrected chi connectivity index (χ0v) is 15.3. The summed E-state index contributed by atoms with van der Waals surface area (Å²) in [6, 6.07) is 11.1. The Morgan fingerprint density at radius 3 is 2.64 bits per heavy atom. The number of hydrogen-bond donors (Lipinski definition) is 2. The minimum atomic E-state index is -0.772. The number of benzene rings is 2. The Hall–Kier alpha value is -3.22. The zero-order chi connectivity index (χ0) is 19.7. The van der Waals surface area contributed by atoms with Crippen molar-refractivity contribution in [2.75, 3.05) is 5.01 Å². The summed E-state index contributed by atoms with van der Waals surface area (Å²) in [5.41, 5.74) is 9.98.